The molecule has 3 aromatic rings. The van der Waals surface area contributed by atoms with Crippen molar-refractivity contribution in [1.82, 2.24) is 14.7 Å². The van der Waals surface area contributed by atoms with E-state index in [1.165, 1.54) is 0 Å². The molecule has 0 saturated heterocycles. The zero-order valence-electron chi connectivity index (χ0n) is 13.3. The number of hydrogen-bond acceptors (Lipinski definition) is 4. The van der Waals surface area contributed by atoms with E-state index in [0.29, 0.717) is 6.54 Å². The molecule has 6 heteroatoms. The third-order valence-electron chi connectivity index (χ3n) is 4.00. The predicted octanol–water partition coefficient (Wildman–Crippen LogP) is 2.23. The van der Waals surface area contributed by atoms with Gasteiger partial charge in [-0.1, -0.05) is 12.1 Å². The summed E-state index contributed by atoms with van der Waals surface area (Å²) in [6.07, 6.45) is 4.08. The number of ether oxygens (including phenoxy) is 2. The van der Waals surface area contributed by atoms with E-state index in [4.69, 9.17) is 9.47 Å². The van der Waals surface area contributed by atoms with Gasteiger partial charge in [-0.25, -0.2) is 4.98 Å². The molecule has 0 saturated carbocycles. The molecule has 2 aromatic heterocycles. The fourth-order valence-electron chi connectivity index (χ4n) is 2.77. The van der Waals surface area contributed by atoms with Crippen molar-refractivity contribution in [3.05, 3.63) is 59.5 Å². The van der Waals surface area contributed by atoms with Crippen LogP contribution in [-0.4, -0.2) is 22.1 Å². The minimum atomic E-state index is -0.0614. The quantitative estimate of drug-likeness (QED) is 0.800. The second-order valence-corrected chi connectivity index (χ2v) is 5.80. The average Bonchev–Trinajstić information content (AvgIpc) is 3.19. The number of nitrogens with zero attached hydrogens (tertiary/aromatic N) is 2. The SMILES string of the molecule is Cc1cccn2cc(CC(=O)NCc3ccc4c(c3)OCO4)nc12. The fourth-order valence-corrected chi connectivity index (χ4v) is 2.77. The topological polar surface area (TPSA) is 64.9 Å². The Hall–Kier alpha value is -3.02. The van der Waals surface area contributed by atoms with E-state index in [-0.39, 0.29) is 19.1 Å². The van der Waals surface area contributed by atoms with Crippen molar-refractivity contribution in [1.29, 1.82) is 0 Å². The van der Waals surface area contributed by atoms with Crippen molar-refractivity contribution in [2.45, 2.75) is 19.9 Å². The molecule has 1 amide bonds. The second kappa shape index (κ2) is 5.88. The first-order chi connectivity index (χ1) is 11.7. The lowest BCUT2D eigenvalue weighted by Crippen LogP contribution is -2.24. The summed E-state index contributed by atoms with van der Waals surface area (Å²) in [7, 11) is 0. The van der Waals surface area contributed by atoms with Crippen LogP contribution in [0.2, 0.25) is 0 Å². The van der Waals surface area contributed by atoms with Crippen molar-refractivity contribution < 1.29 is 14.3 Å². The van der Waals surface area contributed by atoms with Gasteiger partial charge in [0.15, 0.2) is 11.5 Å². The molecule has 0 unspecified atom stereocenters. The van der Waals surface area contributed by atoms with Crippen molar-refractivity contribution >= 4 is 11.6 Å². The molecule has 24 heavy (non-hydrogen) atoms. The number of amides is 1. The number of nitrogens with one attached hydrogen (secondary N) is 1. The molecule has 0 spiro atoms. The summed E-state index contributed by atoms with van der Waals surface area (Å²) in [6, 6.07) is 9.63. The first-order valence-electron chi connectivity index (χ1n) is 7.77. The highest BCUT2D eigenvalue weighted by atomic mass is 16.7. The molecule has 0 bridgehead atoms. The lowest BCUT2D eigenvalue weighted by atomic mass is 10.2. The fraction of sp³-hybridized carbons (Fsp3) is 0.222. The van der Waals surface area contributed by atoms with Crippen LogP contribution in [0.25, 0.3) is 5.65 Å². The van der Waals surface area contributed by atoms with Gasteiger partial charge in [0.05, 0.1) is 12.1 Å². The number of aryl methyl sites for hydroxylation is 1. The molecule has 1 aliphatic heterocycles. The summed E-state index contributed by atoms with van der Waals surface area (Å²) in [5, 5.41) is 2.91. The molecule has 1 aromatic carbocycles. The Morgan fingerprint density at radius 2 is 2.17 bits per heavy atom. The average molecular weight is 323 g/mol. The standard InChI is InChI=1S/C18H17N3O3/c1-12-3-2-6-21-10-14(20-18(12)21)8-17(22)19-9-13-4-5-15-16(7-13)24-11-23-15/h2-7,10H,8-9,11H2,1H3,(H,19,22). The second-order valence-electron chi connectivity index (χ2n) is 5.80. The Labute approximate surface area is 139 Å². The van der Waals surface area contributed by atoms with Gasteiger partial charge < -0.3 is 19.2 Å². The summed E-state index contributed by atoms with van der Waals surface area (Å²) >= 11 is 0. The first-order valence-corrected chi connectivity index (χ1v) is 7.77. The zero-order chi connectivity index (χ0) is 16.5. The number of fused-ring (bicyclic) bond motifs is 2. The van der Waals surface area contributed by atoms with Gasteiger partial charge in [0.1, 0.15) is 5.65 Å². The van der Waals surface area contributed by atoms with Gasteiger partial charge in [-0.3, -0.25) is 4.79 Å². The van der Waals surface area contributed by atoms with Crippen LogP contribution >= 0.6 is 0 Å². The Balaban J connectivity index is 1.40. The van der Waals surface area contributed by atoms with Crippen LogP contribution in [-0.2, 0) is 17.8 Å². The van der Waals surface area contributed by atoms with Gasteiger partial charge in [0.25, 0.3) is 0 Å². The van der Waals surface area contributed by atoms with Crippen LogP contribution in [0.1, 0.15) is 16.8 Å². The van der Waals surface area contributed by atoms with Gasteiger partial charge in [0, 0.05) is 18.9 Å². The van der Waals surface area contributed by atoms with Gasteiger partial charge in [-0.05, 0) is 36.2 Å². The molecule has 4 rings (SSSR count). The summed E-state index contributed by atoms with van der Waals surface area (Å²) in [6.45, 7) is 2.70. The molecule has 122 valence electrons. The van der Waals surface area contributed by atoms with Crippen molar-refractivity contribution in [2.24, 2.45) is 0 Å². The zero-order valence-corrected chi connectivity index (χ0v) is 13.3. The van der Waals surface area contributed by atoms with Crippen molar-refractivity contribution in [3.8, 4) is 11.5 Å². The van der Waals surface area contributed by atoms with Crippen LogP contribution in [0.4, 0.5) is 0 Å². The van der Waals surface area contributed by atoms with Crippen molar-refractivity contribution in [3.63, 3.8) is 0 Å². The van der Waals surface area contributed by atoms with Crippen LogP contribution in [0.3, 0.4) is 0 Å². The molecule has 1 aliphatic rings. The van der Waals surface area contributed by atoms with E-state index in [0.717, 1.165) is 34.0 Å². The number of carbonyl (C=O) groups excluding carboxylic acids is 1. The largest absolute Gasteiger partial charge is 0.454 e. The Morgan fingerprint density at radius 1 is 1.29 bits per heavy atom. The van der Waals surface area contributed by atoms with E-state index in [1.807, 2.05) is 54.0 Å². The monoisotopic (exact) mass is 323 g/mol. The number of benzene rings is 1. The van der Waals surface area contributed by atoms with Gasteiger partial charge >= 0.3 is 0 Å². The maximum absolute atomic E-state index is 12.2. The molecule has 6 nitrogen and oxygen atoms in total. The molecular formula is C18H17N3O3. The molecule has 0 fully saturated rings. The summed E-state index contributed by atoms with van der Waals surface area (Å²) in [4.78, 5) is 16.7. The van der Waals surface area contributed by atoms with E-state index >= 15 is 0 Å². The normalized spacial score (nSPS) is 12.5. The maximum atomic E-state index is 12.2. The van der Waals surface area contributed by atoms with Crippen molar-refractivity contribution in [2.75, 3.05) is 6.79 Å². The highest BCUT2D eigenvalue weighted by Crippen LogP contribution is 2.32. The predicted molar refractivity (Wildman–Crippen MR) is 88.0 cm³/mol. The summed E-state index contributed by atoms with van der Waals surface area (Å²) < 4.78 is 12.6. The van der Waals surface area contributed by atoms with E-state index < -0.39 is 0 Å². The Bertz CT molecular complexity index is 917. The highest BCUT2D eigenvalue weighted by molar-refractivity contribution is 5.78. The molecular weight excluding hydrogens is 306 g/mol. The smallest absolute Gasteiger partial charge is 0.231 e. The molecule has 0 aliphatic carbocycles. The third kappa shape index (κ3) is 2.78. The van der Waals surface area contributed by atoms with Crippen LogP contribution < -0.4 is 14.8 Å². The van der Waals surface area contributed by atoms with Gasteiger partial charge in [-0.15, -0.1) is 0 Å². The number of rotatable bonds is 4. The number of pyridine rings is 1. The third-order valence-corrected chi connectivity index (χ3v) is 4.00. The molecule has 0 atom stereocenters. The Kier molecular flexibility index (Phi) is 3.57. The Morgan fingerprint density at radius 3 is 3.04 bits per heavy atom. The summed E-state index contributed by atoms with van der Waals surface area (Å²) in [5.41, 5.74) is 3.70. The highest BCUT2D eigenvalue weighted by Gasteiger charge is 2.14. The minimum Gasteiger partial charge on any atom is -0.454 e. The molecule has 1 N–H and O–H groups in total. The van der Waals surface area contributed by atoms with Gasteiger partial charge in [-0.2, -0.15) is 0 Å². The van der Waals surface area contributed by atoms with Crippen LogP contribution in [0, 0.1) is 6.92 Å². The molecule has 3 heterocycles. The summed E-state index contributed by atoms with van der Waals surface area (Å²) in [5.74, 6) is 1.40. The lowest BCUT2D eigenvalue weighted by Gasteiger charge is -2.05. The van der Waals surface area contributed by atoms with Gasteiger partial charge in [0.2, 0.25) is 12.7 Å². The minimum absolute atomic E-state index is 0.0614. The number of carbonyl (C=O) groups is 1. The van der Waals surface area contributed by atoms with E-state index in [1.54, 1.807) is 0 Å². The van der Waals surface area contributed by atoms with E-state index in [9.17, 15) is 4.79 Å². The number of aromatic nitrogens is 2. The maximum Gasteiger partial charge on any atom is 0.231 e. The van der Waals surface area contributed by atoms with Crippen LogP contribution in [0.15, 0.2) is 42.7 Å². The number of imidazole rings is 1. The van der Waals surface area contributed by atoms with Crippen LogP contribution in [0.5, 0.6) is 11.5 Å². The lowest BCUT2D eigenvalue weighted by molar-refractivity contribution is -0.120. The van der Waals surface area contributed by atoms with E-state index in [2.05, 4.69) is 10.3 Å². The first kappa shape index (κ1) is 14.6. The number of hydrogen-bond donors (Lipinski definition) is 1. The molecule has 0 radical (unpaired) electrons.